The molecule has 0 aliphatic heterocycles. The number of primary amides is 1. The van der Waals surface area contributed by atoms with E-state index < -0.39 is 11.9 Å². The first-order valence-corrected chi connectivity index (χ1v) is 4.11. The normalized spacial score (nSPS) is 11.4. The van der Waals surface area contributed by atoms with Crippen LogP contribution in [-0.4, -0.2) is 11.9 Å². The predicted molar refractivity (Wildman–Crippen MR) is 52.3 cm³/mol. The van der Waals surface area contributed by atoms with Gasteiger partial charge in [0.15, 0.2) is 0 Å². The second-order valence-corrected chi connectivity index (χ2v) is 2.81. The summed E-state index contributed by atoms with van der Waals surface area (Å²) in [5.41, 5.74) is 14.2. The molecule has 5 heteroatoms. The van der Waals surface area contributed by atoms with Gasteiger partial charge in [-0.1, -0.05) is 35.4 Å². The minimum atomic E-state index is -0.803. The third-order valence-corrected chi connectivity index (χ3v) is 1.79. The maximum absolute atomic E-state index is 10.9. The summed E-state index contributed by atoms with van der Waals surface area (Å²) >= 11 is 0. The molecule has 0 radical (unpaired) electrons. The van der Waals surface area contributed by atoms with E-state index >= 15 is 0 Å². The second-order valence-electron chi connectivity index (χ2n) is 2.81. The predicted octanol–water partition coefficient (Wildman–Crippen LogP) is 1.39. The van der Waals surface area contributed by atoms with Crippen LogP contribution in [0.3, 0.4) is 0 Å². The number of benzene rings is 1. The van der Waals surface area contributed by atoms with Crippen LogP contribution in [0, 0.1) is 0 Å². The van der Waals surface area contributed by atoms with Crippen molar-refractivity contribution >= 4 is 5.91 Å². The monoisotopic (exact) mass is 190 g/mol. The van der Waals surface area contributed by atoms with Gasteiger partial charge in [-0.25, -0.2) is 0 Å². The van der Waals surface area contributed by atoms with Crippen LogP contribution in [0.5, 0.6) is 0 Å². The van der Waals surface area contributed by atoms with Gasteiger partial charge in [0.2, 0.25) is 5.91 Å². The van der Waals surface area contributed by atoms with Gasteiger partial charge in [0.05, 0.1) is 0 Å². The molecular formula is C9H10N4O. The van der Waals surface area contributed by atoms with Crippen molar-refractivity contribution in [3.05, 3.63) is 46.3 Å². The maximum atomic E-state index is 10.9. The van der Waals surface area contributed by atoms with Crippen LogP contribution in [0.1, 0.15) is 5.56 Å². The number of hydrogen-bond donors (Lipinski definition) is 1. The van der Waals surface area contributed by atoms with E-state index in [2.05, 4.69) is 10.0 Å². The molecular weight excluding hydrogens is 180 g/mol. The Labute approximate surface area is 81.2 Å². The number of azide groups is 1. The van der Waals surface area contributed by atoms with Gasteiger partial charge in [0, 0.05) is 4.91 Å². The average molecular weight is 190 g/mol. The Balaban J connectivity index is 2.75. The summed E-state index contributed by atoms with van der Waals surface area (Å²) in [6.45, 7) is 0. The quantitative estimate of drug-likeness (QED) is 0.433. The van der Waals surface area contributed by atoms with Crippen molar-refractivity contribution in [1.82, 2.24) is 0 Å². The van der Waals surface area contributed by atoms with Crippen molar-refractivity contribution in [2.75, 3.05) is 0 Å². The summed E-state index contributed by atoms with van der Waals surface area (Å²) in [4.78, 5) is 13.4. The van der Waals surface area contributed by atoms with E-state index in [-0.39, 0.29) is 0 Å². The molecule has 0 heterocycles. The Morgan fingerprint density at radius 2 is 2.14 bits per heavy atom. The molecule has 5 nitrogen and oxygen atoms in total. The summed E-state index contributed by atoms with van der Waals surface area (Å²) in [7, 11) is 0. The fourth-order valence-corrected chi connectivity index (χ4v) is 1.10. The molecule has 0 fully saturated rings. The number of amides is 1. The van der Waals surface area contributed by atoms with Crippen LogP contribution in [0.15, 0.2) is 35.4 Å². The summed E-state index contributed by atoms with van der Waals surface area (Å²) in [5.74, 6) is -0.605. The van der Waals surface area contributed by atoms with Crippen molar-refractivity contribution in [3.63, 3.8) is 0 Å². The number of rotatable bonds is 4. The van der Waals surface area contributed by atoms with E-state index in [9.17, 15) is 4.79 Å². The first kappa shape index (κ1) is 10.1. The van der Waals surface area contributed by atoms with Gasteiger partial charge in [0.1, 0.15) is 6.04 Å². The number of nitrogens with two attached hydrogens (primary N) is 1. The van der Waals surface area contributed by atoms with E-state index in [1.54, 1.807) is 0 Å². The van der Waals surface area contributed by atoms with Gasteiger partial charge >= 0.3 is 0 Å². The lowest BCUT2D eigenvalue weighted by molar-refractivity contribution is -0.119. The topological polar surface area (TPSA) is 91.8 Å². The highest BCUT2D eigenvalue weighted by Gasteiger charge is 2.13. The van der Waals surface area contributed by atoms with E-state index in [1.807, 2.05) is 30.3 Å². The van der Waals surface area contributed by atoms with Crippen molar-refractivity contribution in [2.24, 2.45) is 10.8 Å². The van der Waals surface area contributed by atoms with Gasteiger partial charge in [-0.15, -0.1) is 0 Å². The highest BCUT2D eigenvalue weighted by Crippen LogP contribution is 2.05. The van der Waals surface area contributed by atoms with Gasteiger partial charge < -0.3 is 5.73 Å². The minimum Gasteiger partial charge on any atom is -0.369 e. The molecule has 0 aliphatic carbocycles. The molecule has 14 heavy (non-hydrogen) atoms. The molecule has 0 aliphatic rings. The highest BCUT2D eigenvalue weighted by molar-refractivity contribution is 5.80. The minimum absolute atomic E-state index is 0.347. The van der Waals surface area contributed by atoms with Crippen LogP contribution in [-0.2, 0) is 11.2 Å². The smallest absolute Gasteiger partial charge is 0.226 e. The Morgan fingerprint density at radius 3 is 2.64 bits per heavy atom. The molecule has 0 bridgehead atoms. The van der Waals surface area contributed by atoms with Crippen LogP contribution in [0.2, 0.25) is 0 Å². The number of carbonyl (C=O) groups is 1. The molecule has 0 saturated carbocycles. The fraction of sp³-hybridized carbons (Fsp3) is 0.222. The molecule has 0 saturated heterocycles. The first-order valence-electron chi connectivity index (χ1n) is 4.11. The zero-order valence-corrected chi connectivity index (χ0v) is 7.50. The Kier molecular flexibility index (Phi) is 3.52. The molecule has 1 atom stereocenters. The standard InChI is InChI=1S/C9H10N4O/c10-9(14)8(12-13-11)6-7-4-2-1-3-5-7/h1-5,8H,6H2,(H2,10,14)/t8-/m0/s1. The van der Waals surface area contributed by atoms with Gasteiger partial charge in [-0.05, 0) is 17.5 Å². The lowest BCUT2D eigenvalue weighted by atomic mass is 10.1. The zero-order chi connectivity index (χ0) is 10.4. The van der Waals surface area contributed by atoms with Crippen molar-refractivity contribution in [2.45, 2.75) is 12.5 Å². The van der Waals surface area contributed by atoms with E-state index in [0.29, 0.717) is 6.42 Å². The van der Waals surface area contributed by atoms with Gasteiger partial charge in [0.25, 0.3) is 0 Å². The van der Waals surface area contributed by atoms with Crippen LogP contribution < -0.4 is 5.73 Å². The summed E-state index contributed by atoms with van der Waals surface area (Å²) < 4.78 is 0. The van der Waals surface area contributed by atoms with E-state index in [1.165, 1.54) is 0 Å². The summed E-state index contributed by atoms with van der Waals surface area (Å²) in [6.07, 6.45) is 0.347. The number of nitrogens with zero attached hydrogens (tertiary/aromatic N) is 3. The Morgan fingerprint density at radius 1 is 1.50 bits per heavy atom. The summed E-state index contributed by atoms with van der Waals surface area (Å²) in [6, 6.07) is 8.47. The molecule has 0 spiro atoms. The molecule has 1 aromatic carbocycles. The molecule has 1 rings (SSSR count). The van der Waals surface area contributed by atoms with Gasteiger partial charge in [-0.3, -0.25) is 4.79 Å². The lowest BCUT2D eigenvalue weighted by Crippen LogP contribution is -2.28. The molecule has 72 valence electrons. The first-order chi connectivity index (χ1) is 6.74. The van der Waals surface area contributed by atoms with Crippen LogP contribution in [0.4, 0.5) is 0 Å². The third-order valence-electron chi connectivity index (χ3n) is 1.79. The molecule has 2 N–H and O–H groups in total. The molecule has 0 aromatic heterocycles. The van der Waals surface area contributed by atoms with Crippen LogP contribution >= 0.6 is 0 Å². The van der Waals surface area contributed by atoms with Crippen LogP contribution in [0.25, 0.3) is 10.4 Å². The van der Waals surface area contributed by atoms with E-state index in [0.717, 1.165) is 5.56 Å². The lowest BCUT2D eigenvalue weighted by Gasteiger charge is -2.05. The summed E-state index contributed by atoms with van der Waals surface area (Å²) in [5, 5.41) is 3.32. The third kappa shape index (κ3) is 2.80. The van der Waals surface area contributed by atoms with Crippen molar-refractivity contribution in [1.29, 1.82) is 0 Å². The zero-order valence-electron chi connectivity index (χ0n) is 7.50. The maximum Gasteiger partial charge on any atom is 0.226 e. The average Bonchev–Trinajstić information content (AvgIpc) is 2.18. The van der Waals surface area contributed by atoms with Crippen molar-refractivity contribution in [3.8, 4) is 0 Å². The number of hydrogen-bond acceptors (Lipinski definition) is 2. The molecule has 1 amide bonds. The second kappa shape index (κ2) is 4.89. The Hall–Kier alpha value is -2.00. The van der Waals surface area contributed by atoms with Gasteiger partial charge in [-0.2, -0.15) is 0 Å². The van der Waals surface area contributed by atoms with Crippen molar-refractivity contribution < 1.29 is 4.79 Å². The molecule has 0 unspecified atom stereocenters. The van der Waals surface area contributed by atoms with E-state index in [4.69, 9.17) is 11.3 Å². The highest BCUT2D eigenvalue weighted by atomic mass is 16.1. The largest absolute Gasteiger partial charge is 0.369 e. The fourth-order valence-electron chi connectivity index (χ4n) is 1.10. The SMILES string of the molecule is [N-]=[N+]=N[C@@H](Cc1ccccc1)C(N)=O. The Bertz CT molecular complexity index is 354. The number of carbonyl (C=O) groups excluding carboxylic acids is 1. The molecule has 1 aromatic rings.